The third-order valence-corrected chi connectivity index (χ3v) is 5.15. The second-order valence-electron chi connectivity index (χ2n) is 4.71. The van der Waals surface area contributed by atoms with E-state index in [0.717, 1.165) is 18.7 Å². The van der Waals surface area contributed by atoms with Crippen molar-refractivity contribution in [3.8, 4) is 0 Å². The van der Waals surface area contributed by atoms with E-state index in [1.807, 2.05) is 34.9 Å². The van der Waals surface area contributed by atoms with Crippen molar-refractivity contribution in [2.24, 2.45) is 0 Å². The van der Waals surface area contributed by atoms with Crippen LogP contribution in [0.2, 0.25) is 0 Å². The van der Waals surface area contributed by atoms with Gasteiger partial charge in [-0.3, -0.25) is 9.69 Å². The number of carbonyl (C=O) groups excluding carboxylic acids is 1. The Labute approximate surface area is 106 Å². The lowest BCUT2D eigenvalue weighted by Crippen LogP contribution is -2.46. The first kappa shape index (κ1) is 11.1. The number of amides is 1. The summed E-state index contributed by atoms with van der Waals surface area (Å²) in [5.41, 5.74) is 0. The van der Waals surface area contributed by atoms with Gasteiger partial charge >= 0.3 is 0 Å². The van der Waals surface area contributed by atoms with E-state index in [2.05, 4.69) is 4.98 Å². The van der Waals surface area contributed by atoms with Crippen LogP contribution in [0.4, 0.5) is 5.82 Å². The number of hydrogen-bond donors (Lipinski definition) is 0. The predicted octanol–water partition coefficient (Wildman–Crippen LogP) is 2.82. The highest BCUT2D eigenvalue weighted by molar-refractivity contribution is 8.02. The molecule has 2 heterocycles. The van der Waals surface area contributed by atoms with Gasteiger partial charge in [0.2, 0.25) is 5.91 Å². The fraction of sp³-hybridized carbons (Fsp3) is 0.538. The fourth-order valence-electron chi connectivity index (χ4n) is 2.85. The Kier molecular flexibility index (Phi) is 2.82. The zero-order valence-corrected chi connectivity index (χ0v) is 10.6. The highest BCUT2D eigenvalue weighted by atomic mass is 32.2. The zero-order chi connectivity index (χ0) is 11.7. The average molecular weight is 248 g/mol. The van der Waals surface area contributed by atoms with Gasteiger partial charge in [0.05, 0.1) is 10.6 Å². The van der Waals surface area contributed by atoms with Gasteiger partial charge in [0.15, 0.2) is 0 Å². The molecular formula is C13H16N2OS. The number of rotatable bonds is 1. The molecule has 3 rings (SSSR count). The first-order chi connectivity index (χ1) is 8.32. The van der Waals surface area contributed by atoms with E-state index in [0.29, 0.717) is 5.75 Å². The van der Waals surface area contributed by atoms with Crippen LogP contribution in [0.25, 0.3) is 0 Å². The average Bonchev–Trinajstić information content (AvgIpc) is 2.68. The van der Waals surface area contributed by atoms with E-state index in [4.69, 9.17) is 0 Å². The maximum Gasteiger partial charge on any atom is 0.239 e. The van der Waals surface area contributed by atoms with E-state index >= 15 is 0 Å². The van der Waals surface area contributed by atoms with Crippen LogP contribution in [0.5, 0.6) is 0 Å². The molecule has 1 saturated carbocycles. The van der Waals surface area contributed by atoms with Gasteiger partial charge in [-0.2, -0.15) is 0 Å². The monoisotopic (exact) mass is 248 g/mol. The van der Waals surface area contributed by atoms with Gasteiger partial charge in [0.25, 0.3) is 0 Å². The van der Waals surface area contributed by atoms with E-state index in [1.165, 1.54) is 19.3 Å². The summed E-state index contributed by atoms with van der Waals surface area (Å²) in [6, 6.07) is 5.79. The van der Waals surface area contributed by atoms with Crippen molar-refractivity contribution < 1.29 is 4.79 Å². The fourth-order valence-corrected chi connectivity index (χ4v) is 4.27. The zero-order valence-electron chi connectivity index (χ0n) is 9.76. The van der Waals surface area contributed by atoms with Crippen LogP contribution in [-0.2, 0) is 4.79 Å². The number of aromatic nitrogens is 1. The molecule has 1 aromatic heterocycles. The van der Waals surface area contributed by atoms with Crippen molar-refractivity contribution >= 4 is 23.5 Å². The highest BCUT2D eigenvalue weighted by Gasteiger charge is 2.47. The smallest absolute Gasteiger partial charge is 0.239 e. The van der Waals surface area contributed by atoms with Gasteiger partial charge in [-0.25, -0.2) is 4.98 Å². The van der Waals surface area contributed by atoms with Gasteiger partial charge < -0.3 is 0 Å². The van der Waals surface area contributed by atoms with Crippen molar-refractivity contribution in [1.82, 2.24) is 4.98 Å². The van der Waals surface area contributed by atoms with Crippen LogP contribution in [-0.4, -0.2) is 21.5 Å². The lowest BCUT2D eigenvalue weighted by atomic mass is 9.93. The van der Waals surface area contributed by atoms with Crippen molar-refractivity contribution in [1.29, 1.82) is 0 Å². The Morgan fingerprint density at radius 2 is 2.06 bits per heavy atom. The molecule has 0 radical (unpaired) electrons. The third kappa shape index (κ3) is 1.84. The molecule has 0 unspecified atom stereocenters. The van der Waals surface area contributed by atoms with E-state index in [-0.39, 0.29) is 10.8 Å². The topological polar surface area (TPSA) is 33.2 Å². The minimum absolute atomic E-state index is 0.00366. The number of nitrogens with zero attached hydrogens (tertiary/aromatic N) is 2. The molecule has 0 atom stereocenters. The van der Waals surface area contributed by atoms with Gasteiger partial charge in [-0.1, -0.05) is 25.3 Å². The minimum Gasteiger partial charge on any atom is -0.281 e. The molecule has 1 saturated heterocycles. The minimum atomic E-state index is 0.00366. The molecule has 3 nitrogen and oxygen atoms in total. The Balaban J connectivity index is 1.97. The summed E-state index contributed by atoms with van der Waals surface area (Å²) in [5.74, 6) is 1.65. The summed E-state index contributed by atoms with van der Waals surface area (Å²) >= 11 is 1.81. The summed E-state index contributed by atoms with van der Waals surface area (Å²) in [6.45, 7) is 0. The van der Waals surface area contributed by atoms with Gasteiger partial charge in [-0.05, 0) is 25.0 Å². The number of carbonyl (C=O) groups is 1. The van der Waals surface area contributed by atoms with Crippen molar-refractivity contribution in [2.45, 2.75) is 37.0 Å². The quantitative estimate of drug-likeness (QED) is 0.766. The van der Waals surface area contributed by atoms with Gasteiger partial charge in [0.1, 0.15) is 5.82 Å². The second-order valence-corrected chi connectivity index (χ2v) is 6.05. The van der Waals surface area contributed by atoms with E-state index in [1.54, 1.807) is 6.20 Å². The molecule has 0 aromatic carbocycles. The van der Waals surface area contributed by atoms with Crippen LogP contribution < -0.4 is 4.90 Å². The Hall–Kier alpha value is -1.03. The standard InChI is InChI=1S/C13H16N2OS/c16-12-10-17-13(7-3-1-4-8-13)15(12)11-6-2-5-9-14-11/h2,5-6,9H,1,3-4,7-8,10H2. The number of pyridine rings is 1. The number of hydrogen-bond acceptors (Lipinski definition) is 3. The molecule has 90 valence electrons. The van der Waals surface area contributed by atoms with Crippen molar-refractivity contribution in [3.05, 3.63) is 24.4 Å². The maximum atomic E-state index is 12.1. The summed E-state index contributed by atoms with van der Waals surface area (Å²) < 4.78 is 0. The molecule has 4 heteroatoms. The molecule has 1 aliphatic heterocycles. The third-order valence-electron chi connectivity index (χ3n) is 3.63. The summed E-state index contributed by atoms with van der Waals surface area (Å²) in [7, 11) is 0. The Morgan fingerprint density at radius 3 is 2.76 bits per heavy atom. The van der Waals surface area contributed by atoms with E-state index < -0.39 is 0 Å². The highest BCUT2D eigenvalue weighted by Crippen LogP contribution is 2.48. The Morgan fingerprint density at radius 1 is 1.24 bits per heavy atom. The molecule has 17 heavy (non-hydrogen) atoms. The van der Waals surface area contributed by atoms with Crippen LogP contribution in [0.3, 0.4) is 0 Å². The van der Waals surface area contributed by atoms with Crippen LogP contribution in [0, 0.1) is 0 Å². The largest absolute Gasteiger partial charge is 0.281 e. The van der Waals surface area contributed by atoms with Crippen LogP contribution >= 0.6 is 11.8 Å². The number of anilines is 1. The lowest BCUT2D eigenvalue weighted by molar-refractivity contribution is -0.116. The maximum absolute atomic E-state index is 12.1. The molecule has 0 bridgehead atoms. The molecule has 1 spiro atoms. The van der Waals surface area contributed by atoms with Crippen LogP contribution in [0.1, 0.15) is 32.1 Å². The van der Waals surface area contributed by atoms with E-state index in [9.17, 15) is 4.79 Å². The summed E-state index contributed by atoms with van der Waals surface area (Å²) in [6.07, 6.45) is 7.74. The summed E-state index contributed by atoms with van der Waals surface area (Å²) in [4.78, 5) is 18.4. The Bertz CT molecular complexity index is 415. The van der Waals surface area contributed by atoms with Crippen molar-refractivity contribution in [3.63, 3.8) is 0 Å². The molecule has 1 aliphatic carbocycles. The first-order valence-corrected chi connectivity index (χ1v) is 7.18. The first-order valence-electron chi connectivity index (χ1n) is 6.20. The van der Waals surface area contributed by atoms with Gasteiger partial charge in [-0.15, -0.1) is 11.8 Å². The normalized spacial score (nSPS) is 23.3. The molecule has 1 amide bonds. The molecule has 2 fully saturated rings. The SMILES string of the molecule is O=C1CSC2(CCCCC2)N1c1ccccn1. The number of thioether (sulfide) groups is 1. The lowest BCUT2D eigenvalue weighted by Gasteiger charge is -2.39. The van der Waals surface area contributed by atoms with Crippen LogP contribution in [0.15, 0.2) is 24.4 Å². The molecule has 2 aliphatic rings. The van der Waals surface area contributed by atoms with Gasteiger partial charge in [0, 0.05) is 6.20 Å². The molecule has 0 N–H and O–H groups in total. The summed E-state index contributed by atoms with van der Waals surface area (Å²) in [5, 5.41) is 0. The molecular weight excluding hydrogens is 232 g/mol. The van der Waals surface area contributed by atoms with Crippen molar-refractivity contribution in [2.75, 3.05) is 10.7 Å². The predicted molar refractivity (Wildman–Crippen MR) is 70.0 cm³/mol. The second kappa shape index (κ2) is 4.33. The molecule has 1 aromatic rings.